The molecule has 4 nitrogen and oxygen atoms in total. The van der Waals surface area contributed by atoms with E-state index in [2.05, 4.69) is 21.2 Å². The molecular formula is C13H20BrNO3. The van der Waals surface area contributed by atoms with Crippen LogP contribution in [0.3, 0.4) is 0 Å². The van der Waals surface area contributed by atoms with Gasteiger partial charge in [-0.2, -0.15) is 0 Å². The first-order chi connectivity index (χ1) is 8.62. The average Bonchev–Trinajstić information content (AvgIpc) is 2.36. The Labute approximate surface area is 116 Å². The van der Waals surface area contributed by atoms with Crippen molar-refractivity contribution in [1.82, 2.24) is 5.32 Å². The Hall–Kier alpha value is -0.780. The normalized spacial score (nSPS) is 12.3. The molecule has 0 aliphatic carbocycles. The molecule has 0 bridgehead atoms. The van der Waals surface area contributed by atoms with Gasteiger partial charge in [-0.15, -0.1) is 0 Å². The molecule has 0 aliphatic rings. The molecule has 0 heterocycles. The van der Waals surface area contributed by atoms with E-state index in [0.717, 1.165) is 15.8 Å². The van der Waals surface area contributed by atoms with Gasteiger partial charge in [0.1, 0.15) is 0 Å². The molecule has 1 aromatic rings. The number of rotatable bonds is 7. The third-order valence-corrected chi connectivity index (χ3v) is 3.09. The number of aliphatic hydroxyl groups excluding tert-OH is 1. The van der Waals surface area contributed by atoms with Crippen molar-refractivity contribution in [2.75, 3.05) is 20.3 Å². The van der Waals surface area contributed by atoms with Crippen LogP contribution >= 0.6 is 15.9 Å². The molecule has 5 heteroatoms. The van der Waals surface area contributed by atoms with Crippen molar-refractivity contribution >= 4 is 15.9 Å². The average molecular weight is 318 g/mol. The fourth-order valence-electron chi connectivity index (χ4n) is 1.54. The van der Waals surface area contributed by atoms with E-state index in [1.807, 2.05) is 26.0 Å². The van der Waals surface area contributed by atoms with Gasteiger partial charge in [-0.25, -0.2) is 0 Å². The molecule has 2 N–H and O–H groups in total. The summed E-state index contributed by atoms with van der Waals surface area (Å²) in [5.41, 5.74) is 1.08. The molecule has 0 spiro atoms. The van der Waals surface area contributed by atoms with Crippen LogP contribution in [0.25, 0.3) is 0 Å². The van der Waals surface area contributed by atoms with Crippen molar-refractivity contribution in [1.29, 1.82) is 0 Å². The van der Waals surface area contributed by atoms with Crippen LogP contribution in [0.2, 0.25) is 0 Å². The summed E-state index contributed by atoms with van der Waals surface area (Å²) in [6, 6.07) is 4.00. The van der Waals surface area contributed by atoms with Crippen LogP contribution in [0.4, 0.5) is 0 Å². The molecule has 0 aromatic heterocycles. The molecular weight excluding hydrogens is 298 g/mol. The highest BCUT2D eigenvalue weighted by molar-refractivity contribution is 9.10. The second-order valence-electron chi connectivity index (χ2n) is 4.01. The largest absolute Gasteiger partial charge is 0.492 e. The summed E-state index contributed by atoms with van der Waals surface area (Å²) >= 11 is 3.47. The first kappa shape index (κ1) is 15.3. The number of methoxy groups -OCH3 is 1. The number of hydrogen-bond donors (Lipinski definition) is 2. The van der Waals surface area contributed by atoms with Crippen LogP contribution in [0.5, 0.6) is 11.5 Å². The minimum absolute atomic E-state index is 0.0708. The van der Waals surface area contributed by atoms with Crippen molar-refractivity contribution in [3.8, 4) is 11.5 Å². The fourth-order valence-corrected chi connectivity index (χ4v) is 2.19. The number of halogens is 1. The van der Waals surface area contributed by atoms with Crippen LogP contribution < -0.4 is 14.8 Å². The van der Waals surface area contributed by atoms with Crippen molar-refractivity contribution in [2.24, 2.45) is 0 Å². The highest BCUT2D eigenvalue weighted by atomic mass is 79.9. The summed E-state index contributed by atoms with van der Waals surface area (Å²) in [5, 5.41) is 12.2. The molecule has 0 saturated carbocycles. The minimum Gasteiger partial charge on any atom is -0.492 e. The van der Waals surface area contributed by atoms with Crippen LogP contribution in [0.15, 0.2) is 16.6 Å². The van der Waals surface area contributed by atoms with Crippen molar-refractivity contribution in [3.63, 3.8) is 0 Å². The Morgan fingerprint density at radius 1 is 1.44 bits per heavy atom. The quantitative estimate of drug-likeness (QED) is 0.810. The van der Waals surface area contributed by atoms with Crippen molar-refractivity contribution in [3.05, 3.63) is 22.2 Å². The molecule has 0 saturated heterocycles. The Morgan fingerprint density at radius 2 is 2.17 bits per heavy atom. The standard InChI is InChI=1S/C13H20BrNO3/c1-4-18-12-6-10(7-15-9(2)8-16)5-11(14)13(12)17-3/h5-6,9,15-16H,4,7-8H2,1-3H3. The lowest BCUT2D eigenvalue weighted by Gasteiger charge is -2.15. The predicted octanol–water partition coefficient (Wildman–Crippen LogP) is 2.33. The van der Waals surface area contributed by atoms with Gasteiger partial charge in [0.25, 0.3) is 0 Å². The molecule has 0 radical (unpaired) electrons. The van der Waals surface area contributed by atoms with Gasteiger partial charge in [0.05, 0.1) is 24.8 Å². The molecule has 1 rings (SSSR count). The van der Waals surface area contributed by atoms with Crippen LogP contribution in [0, 0.1) is 0 Å². The predicted molar refractivity (Wildman–Crippen MR) is 75.3 cm³/mol. The highest BCUT2D eigenvalue weighted by Gasteiger charge is 2.11. The van der Waals surface area contributed by atoms with Gasteiger partial charge in [0.15, 0.2) is 11.5 Å². The molecule has 1 aromatic carbocycles. The molecule has 1 unspecified atom stereocenters. The fraction of sp³-hybridized carbons (Fsp3) is 0.538. The topological polar surface area (TPSA) is 50.7 Å². The number of hydrogen-bond acceptors (Lipinski definition) is 4. The number of ether oxygens (including phenoxy) is 2. The molecule has 18 heavy (non-hydrogen) atoms. The number of nitrogens with one attached hydrogen (secondary N) is 1. The second kappa shape index (κ2) is 7.61. The third-order valence-electron chi connectivity index (χ3n) is 2.50. The molecule has 1 atom stereocenters. The SMILES string of the molecule is CCOc1cc(CNC(C)CO)cc(Br)c1OC. The van der Waals surface area contributed by atoms with Crippen LogP contribution in [-0.2, 0) is 6.54 Å². The first-order valence-electron chi connectivity index (χ1n) is 5.95. The van der Waals surface area contributed by atoms with E-state index in [-0.39, 0.29) is 12.6 Å². The minimum atomic E-state index is 0.0708. The summed E-state index contributed by atoms with van der Waals surface area (Å²) in [7, 11) is 1.62. The zero-order chi connectivity index (χ0) is 13.5. The van der Waals surface area contributed by atoms with Gasteiger partial charge in [-0.3, -0.25) is 0 Å². The lowest BCUT2D eigenvalue weighted by Crippen LogP contribution is -2.28. The molecule has 102 valence electrons. The zero-order valence-corrected chi connectivity index (χ0v) is 12.6. The van der Waals surface area contributed by atoms with E-state index >= 15 is 0 Å². The molecule has 0 amide bonds. The Kier molecular flexibility index (Phi) is 6.46. The van der Waals surface area contributed by atoms with E-state index in [1.54, 1.807) is 7.11 Å². The lowest BCUT2D eigenvalue weighted by atomic mass is 10.2. The van der Waals surface area contributed by atoms with Gasteiger partial charge < -0.3 is 19.9 Å². The maximum absolute atomic E-state index is 8.97. The van der Waals surface area contributed by atoms with Gasteiger partial charge in [0, 0.05) is 12.6 Å². The highest BCUT2D eigenvalue weighted by Crippen LogP contribution is 2.36. The van der Waals surface area contributed by atoms with E-state index < -0.39 is 0 Å². The zero-order valence-electron chi connectivity index (χ0n) is 11.0. The molecule has 0 fully saturated rings. The lowest BCUT2D eigenvalue weighted by molar-refractivity contribution is 0.251. The first-order valence-corrected chi connectivity index (χ1v) is 6.75. The van der Waals surface area contributed by atoms with Gasteiger partial charge in [-0.05, 0) is 47.5 Å². The summed E-state index contributed by atoms with van der Waals surface area (Å²) in [6.07, 6.45) is 0. The van der Waals surface area contributed by atoms with Gasteiger partial charge in [-0.1, -0.05) is 0 Å². The van der Waals surface area contributed by atoms with Crippen LogP contribution in [0.1, 0.15) is 19.4 Å². The van der Waals surface area contributed by atoms with Gasteiger partial charge in [0.2, 0.25) is 0 Å². The molecule has 0 aliphatic heterocycles. The smallest absolute Gasteiger partial charge is 0.174 e. The Balaban J connectivity index is 2.86. The maximum Gasteiger partial charge on any atom is 0.174 e. The second-order valence-corrected chi connectivity index (χ2v) is 4.86. The summed E-state index contributed by atoms with van der Waals surface area (Å²) in [6.45, 7) is 5.25. The Bertz CT molecular complexity index is 385. The number of aliphatic hydroxyl groups is 1. The van der Waals surface area contributed by atoms with Crippen molar-refractivity contribution < 1.29 is 14.6 Å². The number of benzene rings is 1. The monoisotopic (exact) mass is 317 g/mol. The summed E-state index contributed by atoms with van der Waals surface area (Å²) in [5.74, 6) is 1.43. The maximum atomic E-state index is 8.97. The third kappa shape index (κ3) is 4.15. The van der Waals surface area contributed by atoms with Crippen LogP contribution in [-0.4, -0.2) is 31.5 Å². The summed E-state index contributed by atoms with van der Waals surface area (Å²) < 4.78 is 11.7. The van der Waals surface area contributed by atoms with E-state index in [0.29, 0.717) is 18.9 Å². The van der Waals surface area contributed by atoms with E-state index in [1.165, 1.54) is 0 Å². The van der Waals surface area contributed by atoms with Crippen molar-refractivity contribution in [2.45, 2.75) is 26.4 Å². The van der Waals surface area contributed by atoms with E-state index in [9.17, 15) is 0 Å². The van der Waals surface area contributed by atoms with Gasteiger partial charge >= 0.3 is 0 Å². The summed E-state index contributed by atoms with van der Waals surface area (Å²) in [4.78, 5) is 0. The Morgan fingerprint density at radius 3 is 2.72 bits per heavy atom. The van der Waals surface area contributed by atoms with E-state index in [4.69, 9.17) is 14.6 Å².